The van der Waals surface area contributed by atoms with Crippen molar-refractivity contribution in [1.82, 2.24) is 0 Å². The number of hydrogen-bond donors (Lipinski definition) is 0. The Balaban J connectivity index is 2.83. The van der Waals surface area contributed by atoms with E-state index in [1.807, 2.05) is 12.2 Å². The van der Waals surface area contributed by atoms with Crippen molar-refractivity contribution in [1.29, 1.82) is 0 Å². The summed E-state index contributed by atoms with van der Waals surface area (Å²) in [6.45, 7) is 7.29. The van der Waals surface area contributed by atoms with Gasteiger partial charge in [-0.15, -0.1) is 6.58 Å². The maximum atomic E-state index is 3.67. The first-order valence-corrected chi connectivity index (χ1v) is 3.97. The molecule has 0 spiro atoms. The van der Waals surface area contributed by atoms with Crippen LogP contribution in [0.25, 0.3) is 0 Å². The molecule has 0 aromatic carbocycles. The molecule has 10 heavy (non-hydrogen) atoms. The molecular weight excluding hydrogens is 120 g/mol. The lowest BCUT2D eigenvalue weighted by molar-refractivity contribution is 0.696. The highest BCUT2D eigenvalue weighted by Crippen LogP contribution is 2.03. The smallest absolute Gasteiger partial charge is 0.0316 e. The average Bonchev–Trinajstić information content (AvgIpc) is 1.97. The number of hydrogen-bond acceptors (Lipinski definition) is 0. The quantitative estimate of drug-likeness (QED) is 0.388. The van der Waals surface area contributed by atoms with Gasteiger partial charge in [-0.1, -0.05) is 24.6 Å². The first kappa shape index (κ1) is 9.48. The Kier molecular flexibility index (Phi) is 8.04. The zero-order chi connectivity index (χ0) is 7.66. The van der Waals surface area contributed by atoms with Crippen molar-refractivity contribution in [3.8, 4) is 0 Å². The van der Waals surface area contributed by atoms with Gasteiger partial charge in [0, 0.05) is 0 Å². The molecule has 0 aromatic heterocycles. The third kappa shape index (κ3) is 7.48. The summed E-state index contributed by atoms with van der Waals surface area (Å²) >= 11 is 0. The van der Waals surface area contributed by atoms with Crippen molar-refractivity contribution < 1.29 is 0 Å². The zero-order valence-electron chi connectivity index (χ0n) is 6.68. The topological polar surface area (TPSA) is 0 Å². The number of allylic oxidation sites excluding steroid dienone is 3. The molecule has 0 rings (SSSR count). The van der Waals surface area contributed by atoms with Gasteiger partial charge in [0.1, 0.15) is 0 Å². The van der Waals surface area contributed by atoms with Crippen LogP contribution in [0.3, 0.4) is 0 Å². The van der Waals surface area contributed by atoms with Crippen LogP contribution in [0.5, 0.6) is 0 Å². The lowest BCUT2D eigenvalue weighted by Crippen LogP contribution is -1.73. The number of rotatable bonds is 6. The van der Waals surface area contributed by atoms with Gasteiger partial charge < -0.3 is 0 Å². The summed E-state index contributed by atoms with van der Waals surface area (Å²) in [5.74, 6) is 0. The van der Waals surface area contributed by atoms with Gasteiger partial charge in [-0.25, -0.2) is 0 Å². The Morgan fingerprint density at radius 1 is 1.00 bits per heavy atom. The molecule has 1 radical (unpaired) electrons. The third-order valence-electron chi connectivity index (χ3n) is 1.45. The van der Waals surface area contributed by atoms with Crippen LogP contribution >= 0.6 is 0 Å². The van der Waals surface area contributed by atoms with Crippen molar-refractivity contribution in [2.24, 2.45) is 0 Å². The molecule has 0 amide bonds. The van der Waals surface area contributed by atoms with Crippen molar-refractivity contribution in [2.45, 2.75) is 32.1 Å². The summed E-state index contributed by atoms with van der Waals surface area (Å²) in [6.07, 6.45) is 12.2. The molecule has 0 bridgehead atoms. The minimum atomic E-state index is 1.16. The highest BCUT2D eigenvalue weighted by molar-refractivity contribution is 4.83. The van der Waals surface area contributed by atoms with Gasteiger partial charge in [-0.2, -0.15) is 0 Å². The van der Waals surface area contributed by atoms with E-state index in [0.717, 1.165) is 6.42 Å². The fraction of sp³-hybridized carbons (Fsp3) is 0.500. The Morgan fingerprint density at radius 2 is 1.70 bits per heavy atom. The molecule has 0 aliphatic rings. The van der Waals surface area contributed by atoms with Crippen molar-refractivity contribution in [2.75, 3.05) is 0 Å². The van der Waals surface area contributed by atoms with Crippen LogP contribution in [0.1, 0.15) is 32.1 Å². The van der Waals surface area contributed by atoms with Crippen LogP contribution in [0.2, 0.25) is 0 Å². The third-order valence-corrected chi connectivity index (χ3v) is 1.45. The maximum absolute atomic E-state index is 3.67. The van der Waals surface area contributed by atoms with Crippen molar-refractivity contribution in [3.05, 3.63) is 31.7 Å². The van der Waals surface area contributed by atoms with Crippen LogP contribution in [-0.2, 0) is 0 Å². The van der Waals surface area contributed by atoms with Crippen molar-refractivity contribution in [3.63, 3.8) is 0 Å². The monoisotopic (exact) mass is 137 g/mol. The minimum absolute atomic E-state index is 1.16. The summed E-state index contributed by atoms with van der Waals surface area (Å²) in [5, 5.41) is 0. The highest BCUT2D eigenvalue weighted by atomic mass is 13.9. The van der Waals surface area contributed by atoms with Gasteiger partial charge in [-0.3, -0.25) is 0 Å². The second-order valence-electron chi connectivity index (χ2n) is 2.40. The van der Waals surface area contributed by atoms with E-state index in [1.54, 1.807) is 0 Å². The van der Waals surface area contributed by atoms with E-state index in [2.05, 4.69) is 19.6 Å². The van der Waals surface area contributed by atoms with Crippen LogP contribution in [0.15, 0.2) is 24.8 Å². The van der Waals surface area contributed by atoms with Gasteiger partial charge in [0.25, 0.3) is 0 Å². The highest BCUT2D eigenvalue weighted by Gasteiger charge is 1.83. The second kappa shape index (κ2) is 8.48. The molecular formula is C10H17. The first-order valence-electron chi connectivity index (χ1n) is 3.97. The van der Waals surface area contributed by atoms with Crippen LogP contribution in [0.4, 0.5) is 0 Å². The van der Waals surface area contributed by atoms with E-state index in [-0.39, 0.29) is 0 Å². The van der Waals surface area contributed by atoms with Gasteiger partial charge >= 0.3 is 0 Å². The lowest BCUT2D eigenvalue weighted by Gasteiger charge is -1.93. The number of unbranched alkanes of at least 4 members (excludes halogenated alkanes) is 4. The molecule has 0 aromatic rings. The lowest BCUT2D eigenvalue weighted by atomic mass is 10.1. The first-order chi connectivity index (χ1) is 4.91. The van der Waals surface area contributed by atoms with Gasteiger partial charge in [0.05, 0.1) is 0 Å². The van der Waals surface area contributed by atoms with E-state index in [4.69, 9.17) is 0 Å². The van der Waals surface area contributed by atoms with Crippen molar-refractivity contribution >= 4 is 0 Å². The largest absolute Gasteiger partial charge is 0.103 e. The molecule has 0 aliphatic heterocycles. The molecule has 0 heteroatoms. The summed E-state index contributed by atoms with van der Waals surface area (Å²) in [4.78, 5) is 0. The maximum Gasteiger partial charge on any atom is -0.0316 e. The summed E-state index contributed by atoms with van der Waals surface area (Å²) in [5.41, 5.74) is 0. The Bertz CT molecular complexity index is 90.2. The van der Waals surface area contributed by atoms with Crippen LogP contribution in [-0.4, -0.2) is 0 Å². The van der Waals surface area contributed by atoms with E-state index in [0.29, 0.717) is 0 Å². The predicted octanol–water partition coefficient (Wildman–Crippen LogP) is 3.51. The normalized spacial score (nSPS) is 10.5. The van der Waals surface area contributed by atoms with E-state index < -0.39 is 0 Å². The Labute approximate surface area is 64.6 Å². The SMILES string of the molecule is [CH2]C=CCCCCCC=C. The molecule has 0 N–H and O–H groups in total. The second-order valence-corrected chi connectivity index (χ2v) is 2.40. The fourth-order valence-electron chi connectivity index (χ4n) is 0.845. The molecule has 0 saturated heterocycles. The van der Waals surface area contributed by atoms with Gasteiger partial charge in [0.2, 0.25) is 0 Å². The zero-order valence-corrected chi connectivity index (χ0v) is 6.68. The molecule has 57 valence electrons. The van der Waals surface area contributed by atoms with Crippen LogP contribution in [0, 0.1) is 6.92 Å². The standard InChI is InChI=1S/C10H17/c1-3-5-7-9-10-8-6-4-2/h3-5H,1-2,6-10H2. The average molecular weight is 137 g/mol. The van der Waals surface area contributed by atoms with Crippen LogP contribution < -0.4 is 0 Å². The van der Waals surface area contributed by atoms with Gasteiger partial charge in [-0.05, 0) is 32.6 Å². The molecule has 0 atom stereocenters. The molecule has 0 unspecified atom stereocenters. The molecule has 0 nitrogen and oxygen atoms in total. The predicted molar refractivity (Wildman–Crippen MR) is 47.8 cm³/mol. The Morgan fingerprint density at radius 3 is 2.30 bits per heavy atom. The summed E-state index contributed by atoms with van der Waals surface area (Å²) < 4.78 is 0. The molecule has 0 aliphatic carbocycles. The summed E-state index contributed by atoms with van der Waals surface area (Å²) in [6, 6.07) is 0. The molecule has 0 fully saturated rings. The van der Waals surface area contributed by atoms with E-state index >= 15 is 0 Å². The molecule has 0 saturated carbocycles. The summed E-state index contributed by atoms with van der Waals surface area (Å²) in [7, 11) is 0. The van der Waals surface area contributed by atoms with E-state index in [9.17, 15) is 0 Å². The Hall–Kier alpha value is -0.520. The van der Waals surface area contributed by atoms with Gasteiger partial charge in [0.15, 0.2) is 0 Å². The molecule has 0 heterocycles. The van der Waals surface area contributed by atoms with E-state index in [1.165, 1.54) is 25.7 Å². The fourth-order valence-corrected chi connectivity index (χ4v) is 0.845. The minimum Gasteiger partial charge on any atom is -0.103 e.